The Labute approximate surface area is 284 Å². The average Bonchev–Trinajstić information content (AvgIpc) is 3.38. The standard InChI is InChI=1S/C47H41N/c1-47(2)40-27-10-8-24-39(40)46-41(47)28-15-31-44(46)48(42-30-14-19-32-18-6-7-22-35(32)42)43-29-11-9-23-37(43)38-26-13-21-34-20-12-25-36(45(34)38)33-16-4-3-5-17-33/h6-15,18-31,33H,3-5,16-17H2,1-2H3. The summed E-state index contributed by atoms with van der Waals surface area (Å²) in [5.41, 5.74) is 13.1. The first kappa shape index (κ1) is 29.0. The van der Waals surface area contributed by atoms with Crippen molar-refractivity contribution in [2.24, 2.45) is 0 Å². The molecule has 7 aromatic carbocycles. The monoisotopic (exact) mass is 619 g/mol. The van der Waals surface area contributed by atoms with Crippen LogP contribution in [0.1, 0.15) is 68.6 Å². The number of hydrogen-bond donors (Lipinski definition) is 0. The third-order valence-corrected chi connectivity index (χ3v) is 11.3. The van der Waals surface area contributed by atoms with Crippen molar-refractivity contribution in [2.75, 3.05) is 4.90 Å². The van der Waals surface area contributed by atoms with E-state index < -0.39 is 0 Å². The van der Waals surface area contributed by atoms with E-state index in [1.54, 1.807) is 0 Å². The minimum atomic E-state index is -0.0869. The summed E-state index contributed by atoms with van der Waals surface area (Å²) in [6, 6.07) is 54.6. The molecule has 9 rings (SSSR count). The molecule has 0 unspecified atom stereocenters. The number of nitrogens with zero attached hydrogens (tertiary/aromatic N) is 1. The van der Waals surface area contributed by atoms with E-state index in [1.807, 2.05) is 0 Å². The smallest absolute Gasteiger partial charge is 0.0543 e. The van der Waals surface area contributed by atoms with Crippen molar-refractivity contribution < 1.29 is 0 Å². The molecule has 48 heavy (non-hydrogen) atoms. The van der Waals surface area contributed by atoms with Gasteiger partial charge in [0, 0.05) is 21.9 Å². The van der Waals surface area contributed by atoms with Crippen molar-refractivity contribution in [3.05, 3.63) is 162 Å². The van der Waals surface area contributed by atoms with Gasteiger partial charge in [0.05, 0.1) is 17.1 Å². The van der Waals surface area contributed by atoms with Gasteiger partial charge in [-0.05, 0) is 80.9 Å². The highest BCUT2D eigenvalue weighted by atomic mass is 15.1. The van der Waals surface area contributed by atoms with Gasteiger partial charge in [0.15, 0.2) is 0 Å². The van der Waals surface area contributed by atoms with Crippen LogP contribution in [0.5, 0.6) is 0 Å². The van der Waals surface area contributed by atoms with Crippen molar-refractivity contribution in [3.63, 3.8) is 0 Å². The summed E-state index contributed by atoms with van der Waals surface area (Å²) >= 11 is 0. The van der Waals surface area contributed by atoms with Crippen molar-refractivity contribution >= 4 is 38.6 Å². The summed E-state index contributed by atoms with van der Waals surface area (Å²) in [5, 5.41) is 5.25. The molecule has 0 amide bonds. The topological polar surface area (TPSA) is 3.24 Å². The third-order valence-electron chi connectivity index (χ3n) is 11.3. The predicted octanol–water partition coefficient (Wildman–Crippen LogP) is 13.5. The Morgan fingerprint density at radius 3 is 1.94 bits per heavy atom. The van der Waals surface area contributed by atoms with Gasteiger partial charge in [0.25, 0.3) is 0 Å². The van der Waals surface area contributed by atoms with Crippen LogP contribution in [0.2, 0.25) is 0 Å². The second kappa shape index (κ2) is 11.5. The zero-order valence-electron chi connectivity index (χ0n) is 27.9. The van der Waals surface area contributed by atoms with Crippen LogP contribution < -0.4 is 4.90 Å². The Balaban J connectivity index is 1.36. The minimum Gasteiger partial charge on any atom is -0.309 e. The molecule has 1 heteroatoms. The van der Waals surface area contributed by atoms with E-state index in [9.17, 15) is 0 Å². The molecule has 0 saturated heterocycles. The minimum absolute atomic E-state index is 0.0869. The highest BCUT2D eigenvalue weighted by Gasteiger charge is 2.38. The molecule has 234 valence electrons. The van der Waals surface area contributed by atoms with Crippen LogP contribution in [0.3, 0.4) is 0 Å². The molecule has 0 radical (unpaired) electrons. The molecule has 2 aliphatic carbocycles. The van der Waals surface area contributed by atoms with Crippen molar-refractivity contribution in [1.82, 2.24) is 0 Å². The van der Waals surface area contributed by atoms with Crippen LogP contribution in [-0.2, 0) is 5.41 Å². The summed E-state index contributed by atoms with van der Waals surface area (Å²) in [7, 11) is 0. The van der Waals surface area contributed by atoms with E-state index in [0.717, 1.165) is 0 Å². The van der Waals surface area contributed by atoms with Gasteiger partial charge < -0.3 is 4.90 Å². The average molecular weight is 620 g/mol. The van der Waals surface area contributed by atoms with Gasteiger partial charge in [0.1, 0.15) is 0 Å². The van der Waals surface area contributed by atoms with E-state index in [0.29, 0.717) is 5.92 Å². The number of benzene rings is 7. The van der Waals surface area contributed by atoms with Gasteiger partial charge in [-0.15, -0.1) is 0 Å². The quantitative estimate of drug-likeness (QED) is 0.185. The van der Waals surface area contributed by atoms with E-state index in [-0.39, 0.29) is 5.41 Å². The Morgan fingerprint density at radius 1 is 0.479 bits per heavy atom. The van der Waals surface area contributed by atoms with Crippen molar-refractivity contribution in [3.8, 4) is 22.3 Å². The van der Waals surface area contributed by atoms with Crippen LogP contribution in [0.25, 0.3) is 43.8 Å². The zero-order valence-corrected chi connectivity index (χ0v) is 27.9. The lowest BCUT2D eigenvalue weighted by atomic mass is 9.80. The fourth-order valence-electron chi connectivity index (χ4n) is 8.96. The van der Waals surface area contributed by atoms with Gasteiger partial charge in [-0.2, -0.15) is 0 Å². The Morgan fingerprint density at radius 2 is 1.06 bits per heavy atom. The largest absolute Gasteiger partial charge is 0.309 e. The third kappa shape index (κ3) is 4.52. The highest BCUT2D eigenvalue weighted by Crippen LogP contribution is 2.55. The van der Waals surface area contributed by atoms with Crippen LogP contribution in [-0.4, -0.2) is 0 Å². The summed E-state index contributed by atoms with van der Waals surface area (Å²) < 4.78 is 0. The second-order valence-corrected chi connectivity index (χ2v) is 14.3. The highest BCUT2D eigenvalue weighted by molar-refractivity contribution is 6.07. The summed E-state index contributed by atoms with van der Waals surface area (Å²) in [4.78, 5) is 2.57. The molecule has 0 atom stereocenters. The fourth-order valence-corrected chi connectivity index (χ4v) is 8.96. The Hall–Kier alpha value is -5.14. The van der Waals surface area contributed by atoms with Gasteiger partial charge in [0.2, 0.25) is 0 Å². The molecule has 0 N–H and O–H groups in total. The SMILES string of the molecule is CC1(C)c2ccccc2-c2c(N(c3ccccc3-c3cccc4cccc(C5CCCCC5)c34)c3cccc4ccccc34)cccc21. The first-order valence-electron chi connectivity index (χ1n) is 17.7. The van der Waals surface area contributed by atoms with Crippen LogP contribution in [0, 0.1) is 0 Å². The van der Waals surface area contributed by atoms with E-state index in [4.69, 9.17) is 0 Å². The maximum Gasteiger partial charge on any atom is 0.0543 e. The van der Waals surface area contributed by atoms with Gasteiger partial charge in [-0.3, -0.25) is 0 Å². The van der Waals surface area contributed by atoms with Crippen molar-refractivity contribution in [2.45, 2.75) is 57.3 Å². The van der Waals surface area contributed by atoms with Gasteiger partial charge in [-0.1, -0.05) is 161 Å². The summed E-state index contributed by atoms with van der Waals surface area (Å²) in [6.45, 7) is 4.75. The maximum absolute atomic E-state index is 2.57. The molecule has 1 nitrogen and oxygen atoms in total. The Bertz CT molecular complexity index is 2310. The Kier molecular flexibility index (Phi) is 6.97. The lowest BCUT2D eigenvalue weighted by Gasteiger charge is -2.32. The number of para-hydroxylation sites is 1. The molecule has 0 aromatic heterocycles. The fraction of sp³-hybridized carbons (Fsp3) is 0.191. The van der Waals surface area contributed by atoms with E-state index in [1.165, 1.54) is 110 Å². The van der Waals surface area contributed by atoms with Crippen LogP contribution in [0.15, 0.2) is 146 Å². The van der Waals surface area contributed by atoms with Gasteiger partial charge >= 0.3 is 0 Å². The number of hydrogen-bond acceptors (Lipinski definition) is 1. The lowest BCUT2D eigenvalue weighted by Crippen LogP contribution is -2.16. The molecule has 0 spiro atoms. The molecule has 1 saturated carbocycles. The summed E-state index contributed by atoms with van der Waals surface area (Å²) in [6.07, 6.45) is 6.57. The number of fused-ring (bicyclic) bond motifs is 5. The molecule has 1 fully saturated rings. The normalized spacial score (nSPS) is 15.4. The molecular formula is C47H41N. The van der Waals surface area contributed by atoms with E-state index in [2.05, 4.69) is 164 Å². The number of anilines is 3. The lowest BCUT2D eigenvalue weighted by molar-refractivity contribution is 0.445. The first-order chi connectivity index (χ1) is 23.6. The maximum atomic E-state index is 2.57. The molecule has 0 aliphatic heterocycles. The molecule has 0 heterocycles. The van der Waals surface area contributed by atoms with Crippen LogP contribution in [0.4, 0.5) is 17.1 Å². The van der Waals surface area contributed by atoms with Crippen LogP contribution >= 0.6 is 0 Å². The van der Waals surface area contributed by atoms with Crippen molar-refractivity contribution in [1.29, 1.82) is 0 Å². The second-order valence-electron chi connectivity index (χ2n) is 14.3. The molecule has 2 aliphatic rings. The van der Waals surface area contributed by atoms with Gasteiger partial charge in [-0.25, -0.2) is 0 Å². The zero-order chi connectivity index (χ0) is 32.2. The number of rotatable bonds is 5. The first-order valence-corrected chi connectivity index (χ1v) is 17.7. The molecule has 7 aromatic rings. The molecular weight excluding hydrogens is 579 g/mol. The summed E-state index contributed by atoms with van der Waals surface area (Å²) in [5.74, 6) is 0.612. The predicted molar refractivity (Wildman–Crippen MR) is 205 cm³/mol. The molecule has 0 bridgehead atoms. The van der Waals surface area contributed by atoms with E-state index >= 15 is 0 Å².